The van der Waals surface area contributed by atoms with Crippen LogP contribution in [-0.4, -0.2) is 12.6 Å². The first-order valence-electron chi connectivity index (χ1n) is 7.13. The summed E-state index contributed by atoms with van der Waals surface area (Å²) < 4.78 is 0. The molecular weight excluding hydrogens is 206 g/mol. The molecule has 1 unspecified atom stereocenters. The van der Waals surface area contributed by atoms with Crippen molar-refractivity contribution in [1.29, 1.82) is 0 Å². The average Bonchev–Trinajstić information content (AvgIpc) is 2.38. The van der Waals surface area contributed by atoms with Gasteiger partial charge in [0.05, 0.1) is 0 Å². The van der Waals surface area contributed by atoms with Crippen molar-refractivity contribution >= 4 is 0 Å². The normalized spacial score (nSPS) is 35.4. The smallest absolute Gasteiger partial charge is 0.0144 e. The Morgan fingerprint density at radius 3 is 2.88 bits per heavy atom. The molecule has 1 N–H and O–H groups in total. The highest BCUT2D eigenvalue weighted by Crippen LogP contribution is 2.49. The van der Waals surface area contributed by atoms with E-state index in [2.05, 4.69) is 43.4 Å². The highest BCUT2D eigenvalue weighted by atomic mass is 15.0. The van der Waals surface area contributed by atoms with Gasteiger partial charge in [-0.1, -0.05) is 44.5 Å². The molecule has 1 aliphatic carbocycles. The van der Waals surface area contributed by atoms with E-state index in [1.165, 1.54) is 32.2 Å². The van der Waals surface area contributed by atoms with E-state index in [0.717, 1.165) is 5.92 Å². The number of fused-ring (bicyclic) bond motifs is 4. The SMILES string of the molecule is CCC1[C@@H]2Cc3ccccc3[C@@]1(CC)CCN2. The third-order valence-electron chi connectivity index (χ3n) is 5.24. The van der Waals surface area contributed by atoms with Crippen molar-refractivity contribution in [1.82, 2.24) is 5.32 Å². The largest absolute Gasteiger partial charge is 0.313 e. The van der Waals surface area contributed by atoms with Gasteiger partial charge in [-0.25, -0.2) is 0 Å². The Balaban J connectivity index is 2.16. The summed E-state index contributed by atoms with van der Waals surface area (Å²) in [6, 6.07) is 9.87. The van der Waals surface area contributed by atoms with Gasteiger partial charge in [0.15, 0.2) is 0 Å². The second kappa shape index (κ2) is 4.13. The number of nitrogens with one attached hydrogen (secondary N) is 1. The Labute approximate surface area is 105 Å². The van der Waals surface area contributed by atoms with Crippen LogP contribution in [0.5, 0.6) is 0 Å². The summed E-state index contributed by atoms with van der Waals surface area (Å²) in [6.07, 6.45) is 5.15. The van der Waals surface area contributed by atoms with Gasteiger partial charge in [0, 0.05) is 11.5 Å². The molecule has 0 spiro atoms. The summed E-state index contributed by atoms with van der Waals surface area (Å²) in [7, 11) is 0. The van der Waals surface area contributed by atoms with Gasteiger partial charge in [-0.05, 0) is 42.9 Å². The lowest BCUT2D eigenvalue weighted by molar-refractivity contribution is 0.118. The van der Waals surface area contributed by atoms with Crippen LogP contribution in [0.3, 0.4) is 0 Å². The van der Waals surface area contributed by atoms with E-state index in [1.807, 2.05) is 0 Å². The standard InChI is InChI=1S/C16H23N/c1-3-13-15-11-12-7-5-6-8-14(12)16(13,4-2)9-10-17-15/h5-8,13,15,17H,3-4,9-11H2,1-2H3/t13?,15-,16-/m0/s1. The van der Waals surface area contributed by atoms with Gasteiger partial charge >= 0.3 is 0 Å². The van der Waals surface area contributed by atoms with Crippen molar-refractivity contribution in [3.05, 3.63) is 35.4 Å². The number of benzene rings is 1. The Morgan fingerprint density at radius 1 is 1.29 bits per heavy atom. The molecule has 1 aliphatic heterocycles. The topological polar surface area (TPSA) is 12.0 Å². The molecule has 1 aromatic rings. The summed E-state index contributed by atoms with van der Waals surface area (Å²) >= 11 is 0. The predicted octanol–water partition coefficient (Wildman–Crippen LogP) is 3.28. The van der Waals surface area contributed by atoms with Crippen LogP contribution in [0.1, 0.15) is 44.2 Å². The monoisotopic (exact) mass is 229 g/mol. The molecule has 92 valence electrons. The predicted molar refractivity (Wildman–Crippen MR) is 72.3 cm³/mol. The first kappa shape index (κ1) is 11.3. The van der Waals surface area contributed by atoms with Gasteiger partial charge in [0.1, 0.15) is 0 Å². The molecule has 3 rings (SSSR count). The highest BCUT2D eigenvalue weighted by molar-refractivity contribution is 5.40. The maximum atomic E-state index is 3.75. The summed E-state index contributed by atoms with van der Waals surface area (Å²) in [5.74, 6) is 0.830. The van der Waals surface area contributed by atoms with Gasteiger partial charge in [-0.15, -0.1) is 0 Å². The lowest BCUT2D eigenvalue weighted by Gasteiger charge is -2.53. The molecule has 0 radical (unpaired) electrons. The quantitative estimate of drug-likeness (QED) is 0.820. The second-order valence-electron chi connectivity index (χ2n) is 5.70. The second-order valence-corrected chi connectivity index (χ2v) is 5.70. The van der Waals surface area contributed by atoms with E-state index in [1.54, 1.807) is 11.1 Å². The molecule has 17 heavy (non-hydrogen) atoms. The first-order valence-corrected chi connectivity index (χ1v) is 7.13. The minimum absolute atomic E-state index is 0.458. The van der Waals surface area contributed by atoms with Crippen molar-refractivity contribution in [3.8, 4) is 0 Å². The average molecular weight is 229 g/mol. The molecule has 1 fully saturated rings. The van der Waals surface area contributed by atoms with Crippen LogP contribution in [0.2, 0.25) is 0 Å². The van der Waals surface area contributed by atoms with Crippen molar-refractivity contribution in [2.75, 3.05) is 6.54 Å². The zero-order valence-electron chi connectivity index (χ0n) is 11.0. The van der Waals surface area contributed by atoms with Crippen LogP contribution in [0.4, 0.5) is 0 Å². The molecule has 0 aromatic heterocycles. The fourth-order valence-electron chi connectivity index (χ4n) is 4.47. The van der Waals surface area contributed by atoms with Crippen LogP contribution in [0, 0.1) is 5.92 Å². The van der Waals surface area contributed by atoms with E-state index in [-0.39, 0.29) is 0 Å². The summed E-state index contributed by atoms with van der Waals surface area (Å²) in [4.78, 5) is 0. The lowest BCUT2D eigenvalue weighted by atomic mass is 9.56. The fraction of sp³-hybridized carbons (Fsp3) is 0.625. The minimum atomic E-state index is 0.458. The van der Waals surface area contributed by atoms with Crippen LogP contribution in [0.25, 0.3) is 0 Å². The molecule has 1 aromatic carbocycles. The number of hydrogen-bond acceptors (Lipinski definition) is 1. The Bertz CT molecular complexity index is 412. The van der Waals surface area contributed by atoms with E-state index in [0.29, 0.717) is 11.5 Å². The molecule has 1 heteroatoms. The van der Waals surface area contributed by atoms with E-state index >= 15 is 0 Å². The van der Waals surface area contributed by atoms with Crippen LogP contribution < -0.4 is 5.32 Å². The highest BCUT2D eigenvalue weighted by Gasteiger charge is 2.48. The van der Waals surface area contributed by atoms with Gasteiger partial charge in [-0.2, -0.15) is 0 Å². The summed E-state index contributed by atoms with van der Waals surface area (Å²) in [5, 5.41) is 3.75. The first-order chi connectivity index (χ1) is 8.31. The molecule has 2 bridgehead atoms. The number of hydrogen-bond donors (Lipinski definition) is 1. The van der Waals surface area contributed by atoms with Gasteiger partial charge in [-0.3, -0.25) is 0 Å². The van der Waals surface area contributed by atoms with Crippen molar-refractivity contribution < 1.29 is 0 Å². The van der Waals surface area contributed by atoms with Crippen LogP contribution in [-0.2, 0) is 11.8 Å². The van der Waals surface area contributed by atoms with Crippen molar-refractivity contribution in [2.24, 2.45) is 5.92 Å². The maximum Gasteiger partial charge on any atom is 0.0144 e. The molecule has 1 heterocycles. The van der Waals surface area contributed by atoms with Crippen molar-refractivity contribution in [2.45, 2.75) is 51.0 Å². The van der Waals surface area contributed by atoms with E-state index in [4.69, 9.17) is 0 Å². The van der Waals surface area contributed by atoms with Crippen LogP contribution >= 0.6 is 0 Å². The van der Waals surface area contributed by atoms with E-state index in [9.17, 15) is 0 Å². The van der Waals surface area contributed by atoms with E-state index < -0.39 is 0 Å². The van der Waals surface area contributed by atoms with Crippen LogP contribution in [0.15, 0.2) is 24.3 Å². The maximum absolute atomic E-state index is 3.75. The molecule has 2 aliphatic rings. The molecule has 0 amide bonds. The molecule has 0 saturated carbocycles. The summed E-state index contributed by atoms with van der Waals surface area (Å²) in [5.41, 5.74) is 3.71. The Kier molecular flexibility index (Phi) is 2.74. The Hall–Kier alpha value is -0.820. The number of rotatable bonds is 2. The zero-order chi connectivity index (χ0) is 11.9. The molecule has 1 saturated heterocycles. The van der Waals surface area contributed by atoms with Crippen molar-refractivity contribution in [3.63, 3.8) is 0 Å². The molecule has 1 nitrogen and oxygen atoms in total. The third-order valence-corrected chi connectivity index (χ3v) is 5.24. The molecular formula is C16H23N. The van der Waals surface area contributed by atoms with Gasteiger partial charge in [0.25, 0.3) is 0 Å². The fourth-order valence-corrected chi connectivity index (χ4v) is 4.47. The van der Waals surface area contributed by atoms with Gasteiger partial charge in [0.2, 0.25) is 0 Å². The number of piperidine rings is 1. The minimum Gasteiger partial charge on any atom is -0.313 e. The molecule has 3 atom stereocenters. The lowest BCUT2D eigenvalue weighted by Crippen LogP contribution is -2.58. The zero-order valence-corrected chi connectivity index (χ0v) is 11.0. The Morgan fingerprint density at radius 2 is 2.12 bits per heavy atom. The summed E-state index contributed by atoms with van der Waals surface area (Å²) in [6.45, 7) is 5.94. The van der Waals surface area contributed by atoms with Gasteiger partial charge < -0.3 is 5.32 Å². The third kappa shape index (κ3) is 1.48.